The van der Waals surface area contributed by atoms with Crippen LogP contribution in [0, 0.1) is 11.8 Å². The Kier molecular flexibility index (Phi) is 5.06. The van der Waals surface area contributed by atoms with Crippen LogP contribution in [0.4, 0.5) is 0 Å². The van der Waals surface area contributed by atoms with Gasteiger partial charge >= 0.3 is 0 Å². The van der Waals surface area contributed by atoms with Gasteiger partial charge < -0.3 is 14.6 Å². The van der Waals surface area contributed by atoms with Gasteiger partial charge in [0.15, 0.2) is 0 Å². The van der Waals surface area contributed by atoms with Gasteiger partial charge in [0.05, 0.1) is 19.8 Å². The van der Waals surface area contributed by atoms with E-state index in [1.165, 1.54) is 6.42 Å². The van der Waals surface area contributed by atoms with Crippen LogP contribution in [0.5, 0.6) is 11.5 Å². The smallest absolute Gasteiger partial charge is 0.127 e. The van der Waals surface area contributed by atoms with Crippen LogP contribution in [0.15, 0.2) is 42.7 Å². The second-order valence-corrected chi connectivity index (χ2v) is 7.76. The van der Waals surface area contributed by atoms with Crippen LogP contribution in [0.1, 0.15) is 30.4 Å². The molecule has 2 atom stereocenters. The second kappa shape index (κ2) is 7.49. The standard InChI is InChI=1S/C22H28N2O3/c1-26-20-9-8-16(21(11-20)27-2)13-24-14-18-5-3-6-19(15-24)22(18,25)17-7-4-10-23-12-17/h4,7-12,18-19,25H,3,5-6,13-15H2,1-2H3. The molecule has 1 saturated carbocycles. The number of methoxy groups -OCH3 is 2. The number of aliphatic hydroxyl groups is 1. The van der Waals surface area contributed by atoms with Crippen molar-refractivity contribution in [3.05, 3.63) is 53.9 Å². The maximum Gasteiger partial charge on any atom is 0.127 e. The highest BCUT2D eigenvalue weighted by molar-refractivity contribution is 5.40. The highest BCUT2D eigenvalue weighted by atomic mass is 16.5. The number of piperidine rings is 1. The van der Waals surface area contributed by atoms with Crippen molar-refractivity contribution in [2.75, 3.05) is 27.3 Å². The molecule has 1 saturated heterocycles. The molecule has 0 amide bonds. The molecule has 5 nitrogen and oxygen atoms in total. The molecule has 1 N–H and O–H groups in total. The fourth-order valence-electron chi connectivity index (χ4n) is 4.97. The molecule has 2 unspecified atom stereocenters. The summed E-state index contributed by atoms with van der Waals surface area (Å²) < 4.78 is 10.9. The van der Waals surface area contributed by atoms with Crippen LogP contribution in [0.3, 0.4) is 0 Å². The van der Waals surface area contributed by atoms with Crippen molar-refractivity contribution >= 4 is 0 Å². The molecule has 2 heterocycles. The van der Waals surface area contributed by atoms with Gasteiger partial charge in [0, 0.05) is 61.1 Å². The van der Waals surface area contributed by atoms with Crippen LogP contribution in [-0.4, -0.2) is 42.3 Å². The highest BCUT2D eigenvalue weighted by Crippen LogP contribution is 2.49. The lowest BCUT2D eigenvalue weighted by atomic mass is 9.63. The molecule has 1 aliphatic carbocycles. The van der Waals surface area contributed by atoms with Gasteiger partial charge in [-0.15, -0.1) is 0 Å². The van der Waals surface area contributed by atoms with E-state index in [2.05, 4.69) is 16.0 Å². The first-order valence-corrected chi connectivity index (χ1v) is 9.71. The van der Waals surface area contributed by atoms with Crippen molar-refractivity contribution in [1.29, 1.82) is 0 Å². The summed E-state index contributed by atoms with van der Waals surface area (Å²) in [4.78, 5) is 6.72. The summed E-state index contributed by atoms with van der Waals surface area (Å²) in [5.41, 5.74) is 1.37. The van der Waals surface area contributed by atoms with Crippen molar-refractivity contribution < 1.29 is 14.6 Å². The topological polar surface area (TPSA) is 54.8 Å². The quantitative estimate of drug-likeness (QED) is 0.878. The van der Waals surface area contributed by atoms with E-state index in [1.807, 2.05) is 30.5 Å². The van der Waals surface area contributed by atoms with Crippen molar-refractivity contribution in [3.63, 3.8) is 0 Å². The molecule has 1 aromatic heterocycles. The molecular weight excluding hydrogens is 340 g/mol. The number of hydrogen-bond donors (Lipinski definition) is 1. The largest absolute Gasteiger partial charge is 0.497 e. The monoisotopic (exact) mass is 368 g/mol. The number of ether oxygens (including phenoxy) is 2. The van der Waals surface area contributed by atoms with Gasteiger partial charge in [-0.25, -0.2) is 0 Å². The lowest BCUT2D eigenvalue weighted by Crippen LogP contribution is -2.57. The third-order valence-corrected chi connectivity index (χ3v) is 6.32. The van der Waals surface area contributed by atoms with E-state index >= 15 is 0 Å². The minimum absolute atomic E-state index is 0.235. The lowest BCUT2D eigenvalue weighted by Gasteiger charge is -2.53. The van der Waals surface area contributed by atoms with Crippen LogP contribution in [-0.2, 0) is 12.1 Å². The maximum atomic E-state index is 11.7. The van der Waals surface area contributed by atoms with Crippen LogP contribution in [0.25, 0.3) is 0 Å². The fourth-order valence-corrected chi connectivity index (χ4v) is 4.97. The van der Waals surface area contributed by atoms with Crippen LogP contribution >= 0.6 is 0 Å². The zero-order chi connectivity index (χ0) is 18.9. The van der Waals surface area contributed by atoms with Crippen molar-refractivity contribution in [3.8, 4) is 11.5 Å². The summed E-state index contributed by atoms with van der Waals surface area (Å²) in [6.07, 6.45) is 6.91. The first kappa shape index (κ1) is 18.3. The van der Waals surface area contributed by atoms with Gasteiger partial charge in [-0.05, 0) is 25.0 Å². The molecule has 0 spiro atoms. The van der Waals surface area contributed by atoms with Crippen molar-refractivity contribution in [2.24, 2.45) is 11.8 Å². The van der Waals surface area contributed by atoms with Crippen molar-refractivity contribution in [2.45, 2.75) is 31.4 Å². The molecule has 2 aliphatic rings. The molecular formula is C22H28N2O3. The summed E-state index contributed by atoms with van der Waals surface area (Å²) >= 11 is 0. The zero-order valence-corrected chi connectivity index (χ0v) is 16.1. The summed E-state index contributed by atoms with van der Waals surface area (Å²) in [6.45, 7) is 2.59. The molecule has 4 rings (SSSR count). The number of likely N-dealkylation sites (tertiary alicyclic amines) is 1. The molecule has 2 bridgehead atoms. The predicted molar refractivity (Wildman–Crippen MR) is 104 cm³/mol. The average Bonchev–Trinajstić information content (AvgIpc) is 2.69. The van der Waals surface area contributed by atoms with E-state index in [0.717, 1.165) is 55.1 Å². The average molecular weight is 368 g/mol. The fraction of sp³-hybridized carbons (Fsp3) is 0.500. The lowest BCUT2D eigenvalue weighted by molar-refractivity contribution is -0.148. The predicted octanol–water partition coefficient (Wildman–Crippen LogP) is 3.22. The number of aromatic nitrogens is 1. The summed E-state index contributed by atoms with van der Waals surface area (Å²) in [7, 11) is 3.36. The Morgan fingerprint density at radius 3 is 2.56 bits per heavy atom. The Morgan fingerprint density at radius 2 is 1.93 bits per heavy atom. The van der Waals surface area contributed by atoms with E-state index < -0.39 is 5.60 Å². The van der Waals surface area contributed by atoms with Gasteiger partial charge in [-0.3, -0.25) is 9.88 Å². The molecule has 1 aromatic carbocycles. The SMILES string of the molecule is COc1ccc(CN2CC3CCCC(C2)C3(O)c2cccnc2)c(OC)c1. The van der Waals surface area contributed by atoms with E-state index in [0.29, 0.717) is 0 Å². The Morgan fingerprint density at radius 1 is 1.15 bits per heavy atom. The van der Waals surface area contributed by atoms with Gasteiger partial charge in [-0.1, -0.05) is 18.6 Å². The van der Waals surface area contributed by atoms with Crippen LogP contribution < -0.4 is 9.47 Å². The molecule has 0 radical (unpaired) electrons. The maximum absolute atomic E-state index is 11.7. The zero-order valence-electron chi connectivity index (χ0n) is 16.1. The highest BCUT2D eigenvalue weighted by Gasteiger charge is 2.51. The molecule has 2 aromatic rings. The number of hydrogen-bond acceptors (Lipinski definition) is 5. The Labute approximate surface area is 160 Å². The molecule has 5 heteroatoms. The third-order valence-electron chi connectivity index (χ3n) is 6.32. The number of fused-ring (bicyclic) bond motifs is 2. The van der Waals surface area contributed by atoms with Gasteiger partial charge in [0.2, 0.25) is 0 Å². The van der Waals surface area contributed by atoms with Crippen LogP contribution in [0.2, 0.25) is 0 Å². The van der Waals surface area contributed by atoms with E-state index in [4.69, 9.17) is 9.47 Å². The number of rotatable bonds is 5. The summed E-state index contributed by atoms with van der Waals surface area (Å²) in [5, 5.41) is 11.7. The van der Waals surface area contributed by atoms with Gasteiger partial charge in [-0.2, -0.15) is 0 Å². The third kappa shape index (κ3) is 3.30. The van der Waals surface area contributed by atoms with Gasteiger partial charge in [0.1, 0.15) is 11.5 Å². The Hall–Kier alpha value is -2.11. The minimum Gasteiger partial charge on any atom is -0.497 e. The number of nitrogens with zero attached hydrogens (tertiary/aromatic N) is 2. The molecule has 27 heavy (non-hydrogen) atoms. The minimum atomic E-state index is -0.757. The Balaban J connectivity index is 1.56. The number of benzene rings is 1. The number of pyridine rings is 1. The van der Waals surface area contributed by atoms with Crippen molar-refractivity contribution in [1.82, 2.24) is 9.88 Å². The Bertz CT molecular complexity index is 766. The summed E-state index contributed by atoms with van der Waals surface area (Å²) in [6, 6.07) is 9.95. The second-order valence-electron chi connectivity index (χ2n) is 7.76. The first-order chi connectivity index (χ1) is 13.1. The van der Waals surface area contributed by atoms with E-state index in [-0.39, 0.29) is 11.8 Å². The van der Waals surface area contributed by atoms with E-state index in [9.17, 15) is 5.11 Å². The normalized spacial score (nSPS) is 28.0. The molecule has 1 aliphatic heterocycles. The van der Waals surface area contributed by atoms with Gasteiger partial charge in [0.25, 0.3) is 0 Å². The molecule has 144 valence electrons. The summed E-state index contributed by atoms with van der Waals surface area (Å²) in [5.74, 6) is 2.13. The first-order valence-electron chi connectivity index (χ1n) is 9.71. The molecule has 2 fully saturated rings. The van der Waals surface area contributed by atoms with E-state index in [1.54, 1.807) is 20.4 Å².